The first-order chi connectivity index (χ1) is 9.10. The Bertz CT molecular complexity index is 507. The Morgan fingerprint density at radius 3 is 2.60 bits per heavy atom. The Labute approximate surface area is 119 Å². The first-order valence-electron chi connectivity index (χ1n) is 7.44. The van der Waals surface area contributed by atoms with Crippen LogP contribution >= 0.6 is 0 Å². The molecule has 4 heteroatoms. The van der Waals surface area contributed by atoms with Crippen LogP contribution in [0.5, 0.6) is 0 Å². The molecular weight excluding hydrogens is 256 g/mol. The molecule has 0 unspecified atom stereocenters. The lowest BCUT2D eigenvalue weighted by molar-refractivity contribution is -0.229. The van der Waals surface area contributed by atoms with E-state index in [0.29, 0.717) is 18.4 Å². The van der Waals surface area contributed by atoms with Crippen LogP contribution in [-0.4, -0.2) is 28.1 Å². The first kappa shape index (κ1) is 14.1. The van der Waals surface area contributed by atoms with Crippen molar-refractivity contribution < 1.29 is 19.7 Å². The summed E-state index contributed by atoms with van der Waals surface area (Å²) in [6.45, 7) is 8.20. The molecule has 2 aliphatic carbocycles. The fourth-order valence-electron chi connectivity index (χ4n) is 4.77. The number of rotatable bonds is 0. The summed E-state index contributed by atoms with van der Waals surface area (Å²) < 4.78 is 5.23. The van der Waals surface area contributed by atoms with E-state index in [-0.39, 0.29) is 11.3 Å². The van der Waals surface area contributed by atoms with Gasteiger partial charge in [-0.1, -0.05) is 20.8 Å². The van der Waals surface area contributed by atoms with Crippen molar-refractivity contribution in [1.82, 2.24) is 0 Å². The van der Waals surface area contributed by atoms with Crippen LogP contribution in [0.3, 0.4) is 0 Å². The molecule has 20 heavy (non-hydrogen) atoms. The third-order valence-electron chi connectivity index (χ3n) is 6.08. The van der Waals surface area contributed by atoms with Crippen LogP contribution in [0.25, 0.3) is 0 Å². The van der Waals surface area contributed by atoms with E-state index < -0.39 is 23.3 Å². The summed E-state index contributed by atoms with van der Waals surface area (Å²) in [5.74, 6) is -1.67. The number of fused-ring (bicyclic) bond motifs is 2. The summed E-state index contributed by atoms with van der Waals surface area (Å²) in [6, 6.07) is 0. The second kappa shape index (κ2) is 3.86. The normalized spacial score (nSPS) is 46.8. The zero-order valence-corrected chi connectivity index (χ0v) is 12.7. The van der Waals surface area contributed by atoms with Crippen molar-refractivity contribution in [3.8, 4) is 0 Å². The van der Waals surface area contributed by atoms with Gasteiger partial charge in [0.2, 0.25) is 5.79 Å². The molecule has 4 atom stereocenters. The van der Waals surface area contributed by atoms with Gasteiger partial charge in [0.05, 0.1) is 6.10 Å². The SMILES string of the molecule is CC1=C2C[C@H]3C(C)(C)CC[C@@H](O)[C@]3(C)C[C@]2(O)OC1=O. The Hall–Kier alpha value is -0.870. The highest BCUT2D eigenvalue weighted by Crippen LogP contribution is 2.62. The van der Waals surface area contributed by atoms with E-state index in [1.165, 1.54) is 0 Å². The molecule has 3 aliphatic rings. The molecule has 2 fully saturated rings. The molecule has 0 radical (unpaired) electrons. The van der Waals surface area contributed by atoms with Gasteiger partial charge in [-0.05, 0) is 37.5 Å². The van der Waals surface area contributed by atoms with Crippen molar-refractivity contribution in [2.24, 2.45) is 16.7 Å². The Kier molecular flexibility index (Phi) is 2.72. The third kappa shape index (κ3) is 1.64. The lowest BCUT2D eigenvalue weighted by atomic mass is 9.49. The van der Waals surface area contributed by atoms with Crippen molar-refractivity contribution in [1.29, 1.82) is 0 Å². The number of carbonyl (C=O) groups is 1. The lowest BCUT2D eigenvalue weighted by Gasteiger charge is -2.58. The van der Waals surface area contributed by atoms with Crippen LogP contribution in [0.2, 0.25) is 0 Å². The second-order valence-corrected chi connectivity index (χ2v) is 7.76. The molecule has 0 aromatic carbocycles. The van der Waals surface area contributed by atoms with Crippen LogP contribution in [0.1, 0.15) is 53.4 Å². The molecule has 1 aliphatic heterocycles. The zero-order chi connectivity index (χ0) is 14.9. The van der Waals surface area contributed by atoms with Crippen molar-refractivity contribution in [3.63, 3.8) is 0 Å². The monoisotopic (exact) mass is 280 g/mol. The number of aliphatic hydroxyl groups excluding tert-OH is 1. The molecule has 3 rings (SSSR count). The van der Waals surface area contributed by atoms with Crippen molar-refractivity contribution in [3.05, 3.63) is 11.1 Å². The topological polar surface area (TPSA) is 66.8 Å². The number of ether oxygens (including phenoxy) is 1. The summed E-state index contributed by atoms with van der Waals surface area (Å²) >= 11 is 0. The number of hydrogen-bond acceptors (Lipinski definition) is 4. The minimum absolute atomic E-state index is 0.0915. The highest BCUT2D eigenvalue weighted by molar-refractivity contribution is 5.92. The maximum absolute atomic E-state index is 11.8. The van der Waals surface area contributed by atoms with Gasteiger partial charge in [-0.15, -0.1) is 0 Å². The fourth-order valence-corrected chi connectivity index (χ4v) is 4.77. The highest BCUT2D eigenvalue weighted by Gasteiger charge is 2.62. The molecule has 0 saturated heterocycles. The summed E-state index contributed by atoms with van der Waals surface area (Å²) in [7, 11) is 0. The minimum atomic E-state index is -1.50. The molecular formula is C16H24O4. The van der Waals surface area contributed by atoms with E-state index in [4.69, 9.17) is 4.74 Å². The number of hydrogen-bond donors (Lipinski definition) is 2. The van der Waals surface area contributed by atoms with Crippen molar-refractivity contribution >= 4 is 5.97 Å². The predicted molar refractivity (Wildman–Crippen MR) is 73.6 cm³/mol. The maximum atomic E-state index is 11.8. The molecule has 0 aromatic heterocycles. The average Bonchev–Trinajstić information content (AvgIpc) is 2.53. The highest BCUT2D eigenvalue weighted by atomic mass is 16.7. The second-order valence-electron chi connectivity index (χ2n) is 7.76. The van der Waals surface area contributed by atoms with E-state index in [9.17, 15) is 15.0 Å². The summed E-state index contributed by atoms with van der Waals surface area (Å²) in [5, 5.41) is 21.2. The average molecular weight is 280 g/mol. The van der Waals surface area contributed by atoms with E-state index in [1.807, 2.05) is 6.92 Å². The molecule has 2 saturated carbocycles. The zero-order valence-electron chi connectivity index (χ0n) is 12.7. The van der Waals surface area contributed by atoms with Crippen LogP contribution in [0.15, 0.2) is 11.1 Å². The Balaban J connectivity index is 2.08. The van der Waals surface area contributed by atoms with Crippen molar-refractivity contribution in [2.75, 3.05) is 0 Å². The van der Waals surface area contributed by atoms with Gasteiger partial charge in [0.15, 0.2) is 0 Å². The van der Waals surface area contributed by atoms with Crippen LogP contribution in [0, 0.1) is 16.7 Å². The van der Waals surface area contributed by atoms with Gasteiger partial charge in [-0.2, -0.15) is 0 Å². The molecule has 0 aromatic rings. The third-order valence-corrected chi connectivity index (χ3v) is 6.08. The van der Waals surface area contributed by atoms with Crippen LogP contribution in [-0.2, 0) is 9.53 Å². The number of esters is 1. The Morgan fingerprint density at radius 2 is 1.95 bits per heavy atom. The van der Waals surface area contributed by atoms with Gasteiger partial charge < -0.3 is 14.9 Å². The van der Waals surface area contributed by atoms with Crippen molar-refractivity contribution in [2.45, 2.75) is 65.3 Å². The standard InChI is InChI=1S/C16H24O4/c1-9-10-7-11-14(2,3)6-5-12(17)15(11,4)8-16(10,19)20-13(9)18/h11-12,17,19H,5-8H2,1-4H3/t11-,12+,15+,16-/m0/s1. The van der Waals surface area contributed by atoms with Gasteiger partial charge in [0, 0.05) is 23.0 Å². The van der Waals surface area contributed by atoms with E-state index in [2.05, 4.69) is 13.8 Å². The van der Waals surface area contributed by atoms with Gasteiger partial charge >= 0.3 is 5.97 Å². The van der Waals surface area contributed by atoms with E-state index in [0.717, 1.165) is 18.4 Å². The van der Waals surface area contributed by atoms with Crippen LogP contribution < -0.4 is 0 Å². The summed E-state index contributed by atoms with van der Waals surface area (Å²) in [5.41, 5.74) is 0.955. The summed E-state index contributed by atoms with van der Waals surface area (Å²) in [6.07, 6.45) is 2.18. The molecule has 0 amide bonds. The maximum Gasteiger partial charge on any atom is 0.336 e. The molecule has 112 valence electrons. The van der Waals surface area contributed by atoms with Gasteiger partial charge in [0.1, 0.15) is 0 Å². The van der Waals surface area contributed by atoms with Gasteiger partial charge in [-0.25, -0.2) is 4.79 Å². The number of aliphatic hydroxyl groups is 2. The largest absolute Gasteiger partial charge is 0.426 e. The lowest BCUT2D eigenvalue weighted by Crippen LogP contribution is -2.58. The molecule has 1 heterocycles. The molecule has 0 spiro atoms. The summed E-state index contributed by atoms with van der Waals surface area (Å²) in [4.78, 5) is 11.8. The molecule has 0 bridgehead atoms. The predicted octanol–water partition coefficient (Wildman–Crippen LogP) is 2.15. The minimum Gasteiger partial charge on any atom is -0.426 e. The van der Waals surface area contributed by atoms with E-state index >= 15 is 0 Å². The number of carbonyl (C=O) groups excluding carboxylic acids is 1. The fraction of sp³-hybridized carbons (Fsp3) is 0.812. The van der Waals surface area contributed by atoms with Gasteiger partial charge in [0.25, 0.3) is 0 Å². The van der Waals surface area contributed by atoms with Gasteiger partial charge in [-0.3, -0.25) is 0 Å². The van der Waals surface area contributed by atoms with E-state index in [1.54, 1.807) is 6.92 Å². The Morgan fingerprint density at radius 1 is 1.30 bits per heavy atom. The van der Waals surface area contributed by atoms with Crippen LogP contribution in [0.4, 0.5) is 0 Å². The molecule has 4 nitrogen and oxygen atoms in total. The molecule has 2 N–H and O–H groups in total. The quantitative estimate of drug-likeness (QED) is 0.667. The smallest absolute Gasteiger partial charge is 0.336 e. The first-order valence-corrected chi connectivity index (χ1v) is 7.44.